The third-order valence-corrected chi connectivity index (χ3v) is 4.73. The van der Waals surface area contributed by atoms with E-state index in [1.165, 1.54) is 22.3 Å². The van der Waals surface area contributed by atoms with Crippen LogP contribution in [0.25, 0.3) is 0 Å². The molecule has 0 spiro atoms. The second-order valence-corrected chi connectivity index (χ2v) is 6.26. The molecule has 0 aromatic heterocycles. The molecule has 0 radical (unpaired) electrons. The van der Waals surface area contributed by atoms with Crippen molar-refractivity contribution in [1.82, 2.24) is 0 Å². The average molecular weight is 300 g/mol. The Morgan fingerprint density at radius 1 is 0.652 bits per heavy atom. The summed E-state index contributed by atoms with van der Waals surface area (Å²) in [5.74, 6) is 0. The van der Waals surface area contributed by atoms with Crippen molar-refractivity contribution in [3.05, 3.63) is 107 Å². The largest absolute Gasteiger partial charge is 0.365 e. The highest BCUT2D eigenvalue weighted by Gasteiger charge is 2.39. The van der Waals surface area contributed by atoms with Crippen LogP contribution in [0, 0.1) is 0 Å². The average Bonchev–Trinajstić information content (AvgIpc) is 3.02. The number of fused-ring (bicyclic) bond motifs is 1. The third kappa shape index (κ3) is 2.80. The zero-order valence-corrected chi connectivity index (χ0v) is 13.1. The van der Waals surface area contributed by atoms with Crippen LogP contribution in [-0.4, -0.2) is 0 Å². The zero-order chi connectivity index (χ0) is 15.5. The molecule has 0 heterocycles. The minimum atomic E-state index is -0.249. The van der Waals surface area contributed by atoms with E-state index in [2.05, 4.69) is 78.9 Å². The maximum absolute atomic E-state index is 6.55. The lowest BCUT2D eigenvalue weighted by atomic mass is 9.90. The number of benzene rings is 3. The molecule has 0 N–H and O–H groups in total. The molecule has 1 heteroatoms. The van der Waals surface area contributed by atoms with E-state index in [4.69, 9.17) is 4.74 Å². The van der Waals surface area contributed by atoms with Crippen molar-refractivity contribution in [3.8, 4) is 0 Å². The molecule has 0 unspecified atom stereocenters. The Bertz CT molecular complexity index is 752. The maximum Gasteiger partial charge on any atom is 0.102 e. The standard InChI is InChI=1S/C22H20O/c1-3-9-18(10-4-1)17-23-22(21-13-5-2-6-14-21)15-19-11-7-8-12-20(19)16-22/h1-14H,15-17H2. The monoisotopic (exact) mass is 300 g/mol. The first-order valence-electron chi connectivity index (χ1n) is 8.16. The van der Waals surface area contributed by atoms with E-state index < -0.39 is 0 Å². The molecular weight excluding hydrogens is 280 g/mol. The van der Waals surface area contributed by atoms with Gasteiger partial charge in [-0.2, -0.15) is 0 Å². The van der Waals surface area contributed by atoms with E-state index in [0.29, 0.717) is 6.61 Å². The van der Waals surface area contributed by atoms with Crippen LogP contribution in [0.15, 0.2) is 84.9 Å². The molecule has 0 fully saturated rings. The van der Waals surface area contributed by atoms with E-state index in [1.54, 1.807) is 0 Å². The molecule has 0 bridgehead atoms. The summed E-state index contributed by atoms with van der Waals surface area (Å²) in [5, 5.41) is 0. The van der Waals surface area contributed by atoms with Gasteiger partial charge < -0.3 is 4.74 Å². The number of hydrogen-bond donors (Lipinski definition) is 0. The van der Waals surface area contributed by atoms with Gasteiger partial charge in [0, 0.05) is 12.8 Å². The van der Waals surface area contributed by atoms with Gasteiger partial charge in [-0.3, -0.25) is 0 Å². The molecule has 23 heavy (non-hydrogen) atoms. The molecule has 0 amide bonds. The van der Waals surface area contributed by atoms with Crippen molar-refractivity contribution in [2.75, 3.05) is 0 Å². The lowest BCUT2D eigenvalue weighted by molar-refractivity contribution is -0.0547. The second-order valence-electron chi connectivity index (χ2n) is 6.26. The van der Waals surface area contributed by atoms with Crippen LogP contribution in [-0.2, 0) is 29.8 Å². The highest BCUT2D eigenvalue weighted by Crippen LogP contribution is 2.41. The minimum Gasteiger partial charge on any atom is -0.365 e. The van der Waals surface area contributed by atoms with Crippen molar-refractivity contribution in [2.24, 2.45) is 0 Å². The smallest absolute Gasteiger partial charge is 0.102 e. The van der Waals surface area contributed by atoms with Gasteiger partial charge in [-0.1, -0.05) is 84.9 Å². The number of hydrogen-bond acceptors (Lipinski definition) is 1. The fourth-order valence-electron chi connectivity index (χ4n) is 3.51. The fraction of sp³-hybridized carbons (Fsp3) is 0.182. The SMILES string of the molecule is c1ccc(COC2(c3ccccc3)Cc3ccccc3C2)cc1. The van der Waals surface area contributed by atoms with Crippen molar-refractivity contribution in [2.45, 2.75) is 25.0 Å². The molecule has 114 valence electrons. The molecule has 3 aromatic carbocycles. The Kier molecular flexibility index (Phi) is 3.72. The molecule has 0 saturated heterocycles. The molecule has 1 aliphatic rings. The van der Waals surface area contributed by atoms with Gasteiger partial charge in [0.15, 0.2) is 0 Å². The molecule has 1 aliphatic carbocycles. The minimum absolute atomic E-state index is 0.249. The van der Waals surface area contributed by atoms with Gasteiger partial charge in [0.05, 0.1) is 6.61 Å². The molecule has 0 atom stereocenters. The first-order chi connectivity index (χ1) is 11.4. The fourth-order valence-corrected chi connectivity index (χ4v) is 3.51. The summed E-state index contributed by atoms with van der Waals surface area (Å²) in [7, 11) is 0. The summed E-state index contributed by atoms with van der Waals surface area (Å²) >= 11 is 0. The highest BCUT2D eigenvalue weighted by molar-refractivity contribution is 5.40. The Morgan fingerprint density at radius 3 is 1.78 bits per heavy atom. The van der Waals surface area contributed by atoms with Gasteiger partial charge >= 0.3 is 0 Å². The first kappa shape index (κ1) is 14.2. The van der Waals surface area contributed by atoms with Crippen molar-refractivity contribution in [1.29, 1.82) is 0 Å². The van der Waals surface area contributed by atoms with Crippen LogP contribution < -0.4 is 0 Å². The molecule has 3 aromatic rings. The predicted octanol–water partition coefficient (Wildman–Crippen LogP) is 4.90. The van der Waals surface area contributed by atoms with Gasteiger partial charge in [0.2, 0.25) is 0 Å². The molecule has 4 rings (SSSR count). The zero-order valence-electron chi connectivity index (χ0n) is 13.1. The molecule has 0 saturated carbocycles. The summed E-state index contributed by atoms with van der Waals surface area (Å²) in [4.78, 5) is 0. The van der Waals surface area contributed by atoms with Gasteiger partial charge in [-0.15, -0.1) is 0 Å². The van der Waals surface area contributed by atoms with Crippen LogP contribution in [0.5, 0.6) is 0 Å². The first-order valence-corrected chi connectivity index (χ1v) is 8.16. The van der Waals surface area contributed by atoms with E-state index >= 15 is 0 Å². The Hall–Kier alpha value is -2.38. The molecular formula is C22H20O. The van der Waals surface area contributed by atoms with Gasteiger partial charge in [-0.25, -0.2) is 0 Å². The number of ether oxygens (including phenoxy) is 1. The third-order valence-electron chi connectivity index (χ3n) is 4.73. The molecule has 1 nitrogen and oxygen atoms in total. The Balaban J connectivity index is 1.66. The maximum atomic E-state index is 6.55. The van der Waals surface area contributed by atoms with E-state index in [0.717, 1.165) is 12.8 Å². The normalized spacial score (nSPS) is 15.3. The van der Waals surface area contributed by atoms with Crippen molar-refractivity contribution < 1.29 is 4.74 Å². The Labute approximate surface area is 137 Å². The van der Waals surface area contributed by atoms with Crippen LogP contribution in [0.1, 0.15) is 22.3 Å². The van der Waals surface area contributed by atoms with Crippen LogP contribution >= 0.6 is 0 Å². The second kappa shape index (κ2) is 6.02. The topological polar surface area (TPSA) is 9.23 Å². The van der Waals surface area contributed by atoms with E-state index in [-0.39, 0.29) is 5.60 Å². The summed E-state index contributed by atoms with van der Waals surface area (Å²) in [6.45, 7) is 0.643. The van der Waals surface area contributed by atoms with Gasteiger partial charge in [-0.05, 0) is 22.3 Å². The van der Waals surface area contributed by atoms with Crippen LogP contribution in [0.4, 0.5) is 0 Å². The quantitative estimate of drug-likeness (QED) is 0.666. The van der Waals surface area contributed by atoms with Gasteiger partial charge in [0.1, 0.15) is 5.60 Å². The summed E-state index contributed by atoms with van der Waals surface area (Å²) < 4.78 is 6.55. The van der Waals surface area contributed by atoms with Crippen LogP contribution in [0.3, 0.4) is 0 Å². The van der Waals surface area contributed by atoms with Crippen LogP contribution in [0.2, 0.25) is 0 Å². The van der Waals surface area contributed by atoms with E-state index in [9.17, 15) is 0 Å². The van der Waals surface area contributed by atoms with Crippen molar-refractivity contribution >= 4 is 0 Å². The summed E-state index contributed by atoms with van der Waals surface area (Å²) in [6, 6.07) is 29.8. The summed E-state index contributed by atoms with van der Waals surface area (Å²) in [6.07, 6.45) is 1.89. The van der Waals surface area contributed by atoms with E-state index in [1.807, 2.05) is 6.07 Å². The lowest BCUT2D eigenvalue weighted by Gasteiger charge is -2.30. The number of rotatable bonds is 4. The lowest BCUT2D eigenvalue weighted by Crippen LogP contribution is -2.30. The predicted molar refractivity (Wildman–Crippen MR) is 93.2 cm³/mol. The highest BCUT2D eigenvalue weighted by atomic mass is 16.5. The Morgan fingerprint density at radius 2 is 1.17 bits per heavy atom. The van der Waals surface area contributed by atoms with Gasteiger partial charge in [0.25, 0.3) is 0 Å². The summed E-state index contributed by atoms with van der Waals surface area (Å²) in [5.41, 5.74) is 5.06. The van der Waals surface area contributed by atoms with Crippen molar-refractivity contribution in [3.63, 3.8) is 0 Å². The molecule has 0 aliphatic heterocycles.